The van der Waals surface area contributed by atoms with Gasteiger partial charge in [0.25, 0.3) is 0 Å². The van der Waals surface area contributed by atoms with E-state index in [0.717, 1.165) is 14.6 Å². The van der Waals surface area contributed by atoms with E-state index in [1.807, 2.05) is 0 Å². The Morgan fingerprint density at radius 1 is 1.11 bits per heavy atom. The zero-order chi connectivity index (χ0) is 13.0. The van der Waals surface area contributed by atoms with Crippen molar-refractivity contribution in [3.05, 3.63) is 54.3 Å². The molecule has 1 N–H and O–H groups in total. The summed E-state index contributed by atoms with van der Waals surface area (Å²) >= 11 is 5.56. The number of halogens is 1. The highest BCUT2D eigenvalue weighted by Gasteiger charge is 1.99. The van der Waals surface area contributed by atoms with Crippen LogP contribution in [0.2, 0.25) is 0 Å². The fourth-order valence-corrected chi connectivity index (χ4v) is 2.46. The Bertz CT molecular complexity index is 640. The van der Waals surface area contributed by atoms with Crippen molar-refractivity contribution in [1.82, 2.24) is 4.98 Å². The molecule has 0 aliphatic heterocycles. The number of fused-ring (bicyclic) bond motifs is 1. The highest BCUT2D eigenvalue weighted by Crippen LogP contribution is 2.27. The first kappa shape index (κ1) is 12.9. The number of aromatic hydroxyl groups is 1. The van der Waals surface area contributed by atoms with Crippen LogP contribution in [0.4, 0.5) is 4.39 Å². The molecule has 3 aromatic rings. The molecule has 1 heterocycles. The molecule has 1 aromatic heterocycles. The van der Waals surface area contributed by atoms with Gasteiger partial charge in [-0.3, -0.25) is 0 Å². The number of rotatable bonds is 0. The third-order valence-corrected chi connectivity index (χ3v) is 3.29. The van der Waals surface area contributed by atoms with E-state index in [0.29, 0.717) is 0 Å². The van der Waals surface area contributed by atoms with Gasteiger partial charge >= 0.3 is 0 Å². The molecule has 18 heavy (non-hydrogen) atoms. The topological polar surface area (TPSA) is 33.1 Å². The second-order valence-electron chi connectivity index (χ2n) is 3.44. The minimum Gasteiger partial charge on any atom is -0.508 e. The molecule has 3 rings (SSSR count). The Morgan fingerprint density at radius 2 is 1.83 bits per heavy atom. The summed E-state index contributed by atoms with van der Waals surface area (Å²) in [5.74, 6) is 0.0944. The Morgan fingerprint density at radius 3 is 2.44 bits per heavy atom. The molecule has 0 aliphatic carbocycles. The number of nitrogens with zero attached hydrogens (tertiary/aromatic N) is 1. The minimum atomic E-state index is -0.178. The molecule has 0 saturated heterocycles. The normalized spacial score (nSPS) is 9.89. The summed E-state index contributed by atoms with van der Waals surface area (Å²) in [6.07, 6.45) is 0. The number of hydrogen-bond acceptors (Lipinski definition) is 4. The first-order chi connectivity index (χ1) is 8.65. The number of hydrogen-bond donors (Lipinski definition) is 2. The van der Waals surface area contributed by atoms with Gasteiger partial charge in [-0.2, -0.15) is 0 Å². The Labute approximate surface area is 113 Å². The number of thiazole rings is 1. The van der Waals surface area contributed by atoms with Crippen LogP contribution in [0.25, 0.3) is 10.2 Å². The lowest BCUT2D eigenvalue weighted by atomic mass is 10.3. The number of thiol groups is 1. The molecule has 0 radical (unpaired) electrons. The molecule has 5 heteroatoms. The minimum absolute atomic E-state index is 0.178. The largest absolute Gasteiger partial charge is 0.508 e. The molecule has 0 spiro atoms. The van der Waals surface area contributed by atoms with Crippen LogP contribution < -0.4 is 0 Å². The van der Waals surface area contributed by atoms with Crippen molar-refractivity contribution in [2.75, 3.05) is 0 Å². The number of benzene rings is 2. The van der Waals surface area contributed by atoms with Gasteiger partial charge < -0.3 is 5.11 Å². The molecule has 2 aromatic carbocycles. The molecule has 0 amide bonds. The number of phenols is 1. The summed E-state index contributed by atoms with van der Waals surface area (Å²) in [7, 11) is 0. The van der Waals surface area contributed by atoms with Gasteiger partial charge in [-0.15, -0.1) is 24.0 Å². The first-order valence-electron chi connectivity index (χ1n) is 5.14. The quantitative estimate of drug-likeness (QED) is 0.607. The monoisotopic (exact) mass is 279 g/mol. The molecule has 0 aliphatic rings. The van der Waals surface area contributed by atoms with Gasteiger partial charge in [-0.25, -0.2) is 9.37 Å². The van der Waals surface area contributed by atoms with E-state index >= 15 is 0 Å². The molecule has 0 saturated carbocycles. The van der Waals surface area contributed by atoms with Crippen molar-refractivity contribution >= 4 is 34.2 Å². The molecule has 92 valence electrons. The van der Waals surface area contributed by atoms with Crippen LogP contribution in [-0.2, 0) is 0 Å². The lowest BCUT2D eigenvalue weighted by Gasteiger charge is -1.87. The third-order valence-electron chi connectivity index (χ3n) is 2.09. The second-order valence-corrected chi connectivity index (χ2v) is 5.20. The van der Waals surface area contributed by atoms with Crippen molar-refractivity contribution in [1.29, 1.82) is 0 Å². The van der Waals surface area contributed by atoms with Gasteiger partial charge in [0.05, 0.1) is 10.2 Å². The first-order valence-corrected chi connectivity index (χ1v) is 6.40. The van der Waals surface area contributed by atoms with E-state index in [-0.39, 0.29) is 11.6 Å². The van der Waals surface area contributed by atoms with E-state index in [9.17, 15) is 4.39 Å². The van der Waals surface area contributed by atoms with Gasteiger partial charge in [-0.05, 0) is 30.3 Å². The van der Waals surface area contributed by atoms with Gasteiger partial charge in [0, 0.05) is 0 Å². The average Bonchev–Trinajstić information content (AvgIpc) is 2.70. The zero-order valence-electron chi connectivity index (χ0n) is 9.25. The zero-order valence-corrected chi connectivity index (χ0v) is 11.0. The highest BCUT2D eigenvalue weighted by molar-refractivity contribution is 7.82. The van der Waals surface area contributed by atoms with Crippen molar-refractivity contribution in [3.8, 4) is 5.75 Å². The molecular formula is C13H10FNOS2. The molecule has 2 nitrogen and oxygen atoms in total. The summed E-state index contributed by atoms with van der Waals surface area (Å²) in [4.78, 5) is 4.13. The maximum absolute atomic E-state index is 11.9. The molecule has 0 atom stereocenters. The maximum atomic E-state index is 11.9. The van der Waals surface area contributed by atoms with Crippen LogP contribution in [0, 0.1) is 5.82 Å². The SMILES string of the molecule is Fc1ccccc1.Oc1ccc2nc(S)sc2c1. The summed E-state index contributed by atoms with van der Waals surface area (Å²) in [6, 6.07) is 13.0. The maximum Gasteiger partial charge on any atom is 0.148 e. The van der Waals surface area contributed by atoms with Crippen LogP contribution in [0.5, 0.6) is 5.75 Å². The average molecular weight is 279 g/mol. The lowest BCUT2D eigenvalue weighted by molar-refractivity contribution is 0.476. The molecule has 0 fully saturated rings. The highest BCUT2D eigenvalue weighted by atomic mass is 32.2. The van der Waals surface area contributed by atoms with Gasteiger partial charge in [0.1, 0.15) is 15.9 Å². The smallest absolute Gasteiger partial charge is 0.148 e. The Kier molecular flexibility index (Phi) is 4.17. The number of phenolic OH excluding ortho intramolecular Hbond substituents is 1. The third kappa shape index (κ3) is 3.45. The number of aromatic nitrogens is 1. The summed E-state index contributed by atoms with van der Waals surface area (Å²) in [5, 5.41) is 9.09. The van der Waals surface area contributed by atoms with Crippen LogP contribution in [-0.4, -0.2) is 10.1 Å². The van der Waals surface area contributed by atoms with Crippen molar-refractivity contribution < 1.29 is 9.50 Å². The van der Waals surface area contributed by atoms with Gasteiger partial charge in [0.2, 0.25) is 0 Å². The lowest BCUT2D eigenvalue weighted by Crippen LogP contribution is -1.65. The Hall–Kier alpha value is -1.59. The van der Waals surface area contributed by atoms with Crippen LogP contribution in [0.1, 0.15) is 0 Å². The molecule has 0 unspecified atom stereocenters. The van der Waals surface area contributed by atoms with E-state index < -0.39 is 0 Å². The Balaban J connectivity index is 0.000000149. The fourth-order valence-electron chi connectivity index (χ4n) is 1.32. The second kappa shape index (κ2) is 5.84. The van der Waals surface area contributed by atoms with E-state index in [4.69, 9.17) is 5.11 Å². The fraction of sp³-hybridized carbons (Fsp3) is 0. The molecule has 0 bridgehead atoms. The van der Waals surface area contributed by atoms with Crippen LogP contribution >= 0.6 is 24.0 Å². The van der Waals surface area contributed by atoms with Crippen molar-refractivity contribution in [3.63, 3.8) is 0 Å². The van der Waals surface area contributed by atoms with Crippen molar-refractivity contribution in [2.45, 2.75) is 4.34 Å². The van der Waals surface area contributed by atoms with E-state index in [1.165, 1.54) is 23.5 Å². The van der Waals surface area contributed by atoms with Gasteiger partial charge in [-0.1, -0.05) is 18.2 Å². The molecular weight excluding hydrogens is 269 g/mol. The van der Waals surface area contributed by atoms with E-state index in [2.05, 4.69) is 17.6 Å². The predicted octanol–water partition coefficient (Wildman–Crippen LogP) is 4.12. The predicted molar refractivity (Wildman–Crippen MR) is 74.9 cm³/mol. The van der Waals surface area contributed by atoms with Crippen LogP contribution in [0.3, 0.4) is 0 Å². The van der Waals surface area contributed by atoms with Crippen molar-refractivity contribution in [2.24, 2.45) is 0 Å². The van der Waals surface area contributed by atoms with Gasteiger partial charge in [0.15, 0.2) is 0 Å². The summed E-state index contributed by atoms with van der Waals surface area (Å²) in [5.41, 5.74) is 0.887. The van der Waals surface area contributed by atoms with E-state index in [1.54, 1.807) is 36.4 Å². The van der Waals surface area contributed by atoms with Crippen LogP contribution in [0.15, 0.2) is 52.9 Å². The summed E-state index contributed by atoms with van der Waals surface area (Å²) in [6.45, 7) is 0. The standard InChI is InChI=1S/C7H5NOS2.C6H5F/c9-4-1-2-5-6(3-4)11-7(10)8-5;7-6-4-2-1-3-5-6/h1-3,9H,(H,8,10);1-5H. The summed E-state index contributed by atoms with van der Waals surface area (Å²) < 4.78 is 13.6.